The molecule has 2 heterocycles. The fraction of sp³-hybridized carbons (Fsp3) is 0.533. The van der Waals surface area contributed by atoms with Gasteiger partial charge in [0.05, 0.1) is 18.1 Å². The van der Waals surface area contributed by atoms with Crippen LogP contribution in [0.5, 0.6) is 0 Å². The highest BCUT2D eigenvalue weighted by molar-refractivity contribution is 7.99. The molecule has 94 valence electrons. The average molecular weight is 259 g/mol. The maximum absolute atomic E-state index is 9.51. The van der Waals surface area contributed by atoms with E-state index in [4.69, 9.17) is 4.74 Å². The van der Waals surface area contributed by atoms with E-state index in [-0.39, 0.29) is 5.41 Å². The van der Waals surface area contributed by atoms with Crippen molar-refractivity contribution in [1.82, 2.24) is 0 Å². The second-order valence-corrected chi connectivity index (χ2v) is 6.36. The van der Waals surface area contributed by atoms with Gasteiger partial charge in [-0.3, -0.25) is 0 Å². The number of fused-ring (bicyclic) bond motifs is 1. The molecule has 2 nitrogen and oxygen atoms in total. The highest BCUT2D eigenvalue weighted by atomic mass is 32.2. The van der Waals surface area contributed by atoms with Crippen LogP contribution in [0.15, 0.2) is 29.2 Å². The van der Waals surface area contributed by atoms with E-state index in [9.17, 15) is 5.26 Å². The smallest absolute Gasteiger partial charge is 0.0813 e. The summed E-state index contributed by atoms with van der Waals surface area (Å²) in [6.07, 6.45) is 2.97. The van der Waals surface area contributed by atoms with Gasteiger partial charge in [0.25, 0.3) is 0 Å². The Morgan fingerprint density at radius 1 is 1.44 bits per heavy atom. The topological polar surface area (TPSA) is 33.0 Å². The van der Waals surface area contributed by atoms with Crippen molar-refractivity contribution in [2.24, 2.45) is 5.41 Å². The van der Waals surface area contributed by atoms with Crippen LogP contribution in [0.2, 0.25) is 0 Å². The number of nitriles is 1. The van der Waals surface area contributed by atoms with Crippen molar-refractivity contribution in [3.05, 3.63) is 29.8 Å². The molecule has 1 fully saturated rings. The van der Waals surface area contributed by atoms with Gasteiger partial charge in [-0.1, -0.05) is 18.2 Å². The first-order valence-corrected chi connectivity index (χ1v) is 7.52. The zero-order valence-corrected chi connectivity index (χ0v) is 11.2. The van der Waals surface area contributed by atoms with Crippen molar-refractivity contribution in [2.75, 3.05) is 19.0 Å². The molecule has 3 heteroatoms. The number of benzene rings is 1. The van der Waals surface area contributed by atoms with E-state index < -0.39 is 0 Å². The Morgan fingerprint density at radius 3 is 3.11 bits per heavy atom. The fourth-order valence-electron chi connectivity index (χ4n) is 3.02. The first-order chi connectivity index (χ1) is 8.83. The van der Waals surface area contributed by atoms with Gasteiger partial charge < -0.3 is 4.74 Å². The van der Waals surface area contributed by atoms with E-state index in [1.165, 1.54) is 10.5 Å². The van der Waals surface area contributed by atoms with Gasteiger partial charge in [-0.15, -0.1) is 11.8 Å². The minimum atomic E-state index is -0.249. The average Bonchev–Trinajstić information content (AvgIpc) is 2.83. The molecular formula is C15H17NOS. The van der Waals surface area contributed by atoms with E-state index in [0.717, 1.165) is 31.6 Å². The molecule has 0 spiro atoms. The molecule has 0 amide bonds. The van der Waals surface area contributed by atoms with Gasteiger partial charge >= 0.3 is 0 Å². The summed E-state index contributed by atoms with van der Waals surface area (Å²) in [5, 5.41) is 9.51. The molecule has 0 bridgehead atoms. The Morgan fingerprint density at radius 2 is 2.33 bits per heavy atom. The molecule has 0 aromatic heterocycles. The molecule has 2 aliphatic heterocycles. The van der Waals surface area contributed by atoms with Gasteiger partial charge in [-0.25, -0.2) is 0 Å². The summed E-state index contributed by atoms with van der Waals surface area (Å²) in [5.41, 5.74) is 1.18. The summed E-state index contributed by atoms with van der Waals surface area (Å²) in [6.45, 7) is 1.44. The van der Waals surface area contributed by atoms with Crippen molar-refractivity contribution < 1.29 is 4.74 Å². The van der Waals surface area contributed by atoms with Crippen LogP contribution in [-0.4, -0.2) is 19.0 Å². The first-order valence-electron chi connectivity index (χ1n) is 6.54. The monoisotopic (exact) mass is 259 g/mol. The molecule has 2 aliphatic rings. The zero-order chi connectivity index (χ0) is 12.4. The third-order valence-electron chi connectivity index (χ3n) is 4.00. The standard InChI is InChI=1S/C15H17NOS/c16-10-15(6-3-7-17-11-15)8-12-9-18-14-5-2-1-4-13(12)14/h1-2,4-5,12H,3,6-9,11H2. The summed E-state index contributed by atoms with van der Waals surface area (Å²) < 4.78 is 5.55. The maximum atomic E-state index is 9.51. The fourth-order valence-corrected chi connectivity index (χ4v) is 4.27. The minimum absolute atomic E-state index is 0.249. The summed E-state index contributed by atoms with van der Waals surface area (Å²) in [6, 6.07) is 11.1. The van der Waals surface area contributed by atoms with Gasteiger partial charge in [0.2, 0.25) is 0 Å². The third-order valence-corrected chi connectivity index (χ3v) is 5.25. The Labute approximate surface area is 112 Å². The van der Waals surface area contributed by atoms with Crippen LogP contribution in [0.25, 0.3) is 0 Å². The lowest BCUT2D eigenvalue weighted by Gasteiger charge is -2.32. The Balaban J connectivity index is 1.79. The largest absolute Gasteiger partial charge is 0.380 e. The Kier molecular flexibility index (Phi) is 3.32. The number of thioether (sulfide) groups is 1. The minimum Gasteiger partial charge on any atom is -0.380 e. The quantitative estimate of drug-likeness (QED) is 0.813. The second-order valence-electron chi connectivity index (χ2n) is 5.30. The number of hydrogen-bond donors (Lipinski definition) is 0. The van der Waals surface area contributed by atoms with Gasteiger partial charge in [-0.2, -0.15) is 5.26 Å². The van der Waals surface area contributed by atoms with E-state index in [0.29, 0.717) is 12.5 Å². The van der Waals surface area contributed by atoms with Gasteiger partial charge in [0.1, 0.15) is 0 Å². The van der Waals surface area contributed by atoms with Gasteiger partial charge in [-0.05, 0) is 36.8 Å². The summed E-state index contributed by atoms with van der Waals surface area (Å²) in [7, 11) is 0. The van der Waals surface area contributed by atoms with Crippen molar-refractivity contribution in [3.8, 4) is 6.07 Å². The molecule has 0 aliphatic carbocycles. The molecule has 2 unspecified atom stereocenters. The molecule has 0 saturated carbocycles. The Bertz CT molecular complexity index is 474. The zero-order valence-electron chi connectivity index (χ0n) is 10.4. The van der Waals surface area contributed by atoms with Gasteiger partial charge in [0.15, 0.2) is 0 Å². The number of rotatable bonds is 2. The first kappa shape index (κ1) is 12.1. The van der Waals surface area contributed by atoms with Crippen molar-refractivity contribution >= 4 is 11.8 Å². The van der Waals surface area contributed by atoms with E-state index in [2.05, 4.69) is 30.3 Å². The lowest BCUT2D eigenvalue weighted by molar-refractivity contribution is 0.0156. The van der Waals surface area contributed by atoms with Crippen LogP contribution in [-0.2, 0) is 4.74 Å². The van der Waals surface area contributed by atoms with Crippen LogP contribution in [0.3, 0.4) is 0 Å². The van der Waals surface area contributed by atoms with Crippen LogP contribution in [0.1, 0.15) is 30.7 Å². The predicted octanol–water partition coefficient (Wildman–Crippen LogP) is 3.59. The molecule has 3 rings (SSSR count). The highest BCUT2D eigenvalue weighted by Gasteiger charge is 2.38. The third kappa shape index (κ3) is 2.15. The van der Waals surface area contributed by atoms with E-state index >= 15 is 0 Å². The maximum Gasteiger partial charge on any atom is 0.0813 e. The summed E-state index contributed by atoms with van der Waals surface area (Å²) in [5.74, 6) is 1.63. The van der Waals surface area contributed by atoms with Crippen LogP contribution >= 0.6 is 11.8 Å². The predicted molar refractivity (Wildman–Crippen MR) is 72.6 cm³/mol. The molecule has 0 N–H and O–H groups in total. The van der Waals surface area contributed by atoms with Crippen molar-refractivity contribution in [2.45, 2.75) is 30.1 Å². The van der Waals surface area contributed by atoms with Crippen LogP contribution < -0.4 is 0 Å². The molecule has 0 radical (unpaired) electrons. The molecule has 1 aromatic carbocycles. The molecular weight excluding hydrogens is 242 g/mol. The molecule has 1 aromatic rings. The number of ether oxygens (including phenoxy) is 1. The SMILES string of the molecule is N#CC1(CC2CSc3ccccc32)CCCOC1. The highest BCUT2D eigenvalue weighted by Crippen LogP contribution is 2.46. The van der Waals surface area contributed by atoms with E-state index in [1.807, 2.05) is 11.8 Å². The molecule has 18 heavy (non-hydrogen) atoms. The summed E-state index contributed by atoms with van der Waals surface area (Å²) >= 11 is 1.92. The van der Waals surface area contributed by atoms with Crippen LogP contribution in [0.4, 0.5) is 0 Å². The van der Waals surface area contributed by atoms with Crippen molar-refractivity contribution in [3.63, 3.8) is 0 Å². The number of nitrogens with zero attached hydrogens (tertiary/aromatic N) is 1. The summed E-state index contributed by atoms with van der Waals surface area (Å²) in [4.78, 5) is 1.40. The lowest BCUT2D eigenvalue weighted by atomic mass is 9.75. The van der Waals surface area contributed by atoms with Crippen molar-refractivity contribution in [1.29, 1.82) is 5.26 Å². The van der Waals surface area contributed by atoms with E-state index in [1.54, 1.807) is 0 Å². The lowest BCUT2D eigenvalue weighted by Crippen LogP contribution is -2.32. The van der Waals surface area contributed by atoms with Gasteiger partial charge in [0, 0.05) is 17.3 Å². The normalized spacial score (nSPS) is 30.7. The number of hydrogen-bond acceptors (Lipinski definition) is 3. The Hall–Kier alpha value is -0.980. The van der Waals surface area contributed by atoms with Crippen LogP contribution in [0, 0.1) is 16.7 Å². The second kappa shape index (κ2) is 4.95. The molecule has 2 atom stereocenters. The molecule has 1 saturated heterocycles.